The molecule has 0 saturated carbocycles. The van der Waals surface area contributed by atoms with Gasteiger partial charge in [-0.3, -0.25) is 0 Å². The van der Waals surface area contributed by atoms with Gasteiger partial charge in [0.1, 0.15) is 5.75 Å². The number of rotatable bonds is 6. The van der Waals surface area contributed by atoms with Gasteiger partial charge in [-0.1, -0.05) is 78.9 Å². The third kappa shape index (κ3) is 3.86. The summed E-state index contributed by atoms with van der Waals surface area (Å²) in [4.78, 5) is 0. The largest absolute Gasteiger partial charge is 0.549 e. The molecule has 0 radical (unpaired) electrons. The van der Waals surface area contributed by atoms with Crippen molar-refractivity contribution in [1.29, 1.82) is 0 Å². The van der Waals surface area contributed by atoms with E-state index in [9.17, 15) is 0 Å². The second kappa shape index (κ2) is 7.62. The minimum absolute atomic E-state index is 0.428. The number of para-hydroxylation sites is 1. The van der Waals surface area contributed by atoms with Crippen molar-refractivity contribution in [2.75, 3.05) is 0 Å². The zero-order valence-corrected chi connectivity index (χ0v) is 14.0. The molecule has 0 aromatic heterocycles. The highest BCUT2D eigenvalue weighted by Gasteiger charge is 2.14. The van der Waals surface area contributed by atoms with Gasteiger partial charge in [0.05, 0.1) is 0 Å². The van der Waals surface area contributed by atoms with Gasteiger partial charge in [0.25, 0.3) is 0 Å². The molecule has 0 spiro atoms. The van der Waals surface area contributed by atoms with Crippen molar-refractivity contribution in [3.05, 3.63) is 102 Å². The van der Waals surface area contributed by atoms with Crippen LogP contribution in [0, 0.1) is 0 Å². The average Bonchev–Trinajstić information content (AvgIpc) is 2.61. The first kappa shape index (κ1) is 14.6. The summed E-state index contributed by atoms with van der Waals surface area (Å²) in [5.41, 5.74) is 2.75. The first-order valence-electron chi connectivity index (χ1n) is 7.71. The fourth-order valence-corrected chi connectivity index (χ4v) is 4.16. The predicted octanol–water partition coefficient (Wildman–Crippen LogP) is 4.40. The summed E-state index contributed by atoms with van der Waals surface area (Å²) < 4.78 is 6.02. The summed E-state index contributed by atoms with van der Waals surface area (Å²) in [5.74, 6) is 1.42. The van der Waals surface area contributed by atoms with E-state index in [4.69, 9.17) is 4.43 Å². The monoisotopic (exact) mass is 304 g/mol. The van der Waals surface area contributed by atoms with E-state index >= 15 is 0 Å². The van der Waals surface area contributed by atoms with Crippen LogP contribution in [-0.2, 0) is 0 Å². The standard InChI is InChI=1S/C20H20OSi/c1-4-10-17(11-5-1)20(18-12-6-2-7-13-18)16-22-21-19-14-8-3-9-15-19/h1-15,20H,16,22H2. The van der Waals surface area contributed by atoms with Gasteiger partial charge in [0.2, 0.25) is 9.76 Å². The number of benzene rings is 3. The van der Waals surface area contributed by atoms with Crippen LogP contribution in [0.1, 0.15) is 17.0 Å². The minimum atomic E-state index is -0.622. The Morgan fingerprint density at radius 3 is 1.59 bits per heavy atom. The van der Waals surface area contributed by atoms with Crippen molar-refractivity contribution >= 4 is 9.76 Å². The van der Waals surface area contributed by atoms with Crippen molar-refractivity contribution in [3.8, 4) is 5.75 Å². The molecule has 0 aliphatic heterocycles. The van der Waals surface area contributed by atoms with Crippen LogP contribution in [0.25, 0.3) is 0 Å². The second-order valence-electron chi connectivity index (χ2n) is 5.32. The molecule has 110 valence electrons. The maximum absolute atomic E-state index is 6.02. The molecule has 0 atom stereocenters. The Labute approximate surface area is 134 Å². The van der Waals surface area contributed by atoms with E-state index in [-0.39, 0.29) is 0 Å². The molecule has 2 heteroatoms. The Hall–Kier alpha value is -2.32. The molecule has 0 fully saturated rings. The van der Waals surface area contributed by atoms with Crippen molar-refractivity contribution < 1.29 is 4.43 Å². The zero-order chi connectivity index (χ0) is 15.0. The van der Waals surface area contributed by atoms with Crippen molar-refractivity contribution in [2.45, 2.75) is 12.0 Å². The molecule has 0 aliphatic rings. The van der Waals surface area contributed by atoms with Crippen LogP contribution in [0.3, 0.4) is 0 Å². The molecule has 22 heavy (non-hydrogen) atoms. The highest BCUT2D eigenvalue weighted by molar-refractivity contribution is 6.28. The molecular formula is C20H20OSi. The van der Waals surface area contributed by atoms with E-state index in [1.807, 2.05) is 30.3 Å². The Morgan fingerprint density at radius 1 is 0.636 bits per heavy atom. The van der Waals surface area contributed by atoms with Gasteiger partial charge >= 0.3 is 0 Å². The maximum Gasteiger partial charge on any atom is 0.220 e. The third-order valence-electron chi connectivity index (χ3n) is 3.82. The Morgan fingerprint density at radius 2 is 1.09 bits per heavy atom. The lowest BCUT2D eigenvalue weighted by Gasteiger charge is -2.18. The Balaban J connectivity index is 1.72. The molecule has 0 amide bonds. The van der Waals surface area contributed by atoms with Gasteiger partial charge < -0.3 is 4.43 Å². The predicted molar refractivity (Wildman–Crippen MR) is 95.1 cm³/mol. The normalized spacial score (nSPS) is 11.1. The summed E-state index contributed by atoms with van der Waals surface area (Å²) in [5, 5.41) is 0. The third-order valence-corrected chi connectivity index (χ3v) is 5.17. The van der Waals surface area contributed by atoms with Crippen molar-refractivity contribution in [2.24, 2.45) is 0 Å². The highest BCUT2D eigenvalue weighted by atomic mass is 28.2. The van der Waals surface area contributed by atoms with Crippen LogP contribution in [0.2, 0.25) is 6.04 Å². The van der Waals surface area contributed by atoms with Crippen LogP contribution >= 0.6 is 0 Å². The second-order valence-corrected chi connectivity index (χ2v) is 6.60. The van der Waals surface area contributed by atoms with Crippen LogP contribution in [0.15, 0.2) is 91.0 Å². The van der Waals surface area contributed by atoms with E-state index in [0.717, 1.165) is 11.8 Å². The van der Waals surface area contributed by atoms with Gasteiger partial charge in [0.15, 0.2) is 0 Å². The molecule has 0 unspecified atom stereocenters. The van der Waals surface area contributed by atoms with Crippen LogP contribution < -0.4 is 4.43 Å². The molecular weight excluding hydrogens is 284 g/mol. The molecule has 1 nitrogen and oxygen atoms in total. The SMILES string of the molecule is c1ccc(O[SiH2]CC(c2ccccc2)c2ccccc2)cc1. The molecule has 0 aliphatic carbocycles. The van der Waals surface area contributed by atoms with E-state index in [1.54, 1.807) is 0 Å². The van der Waals surface area contributed by atoms with Gasteiger partial charge in [-0.05, 0) is 29.3 Å². The number of hydrogen-bond acceptors (Lipinski definition) is 1. The summed E-state index contributed by atoms with van der Waals surface area (Å²) in [7, 11) is -0.622. The summed E-state index contributed by atoms with van der Waals surface area (Å²) in [6.07, 6.45) is 0. The smallest absolute Gasteiger partial charge is 0.220 e. The average molecular weight is 304 g/mol. The molecule has 3 aromatic rings. The Kier molecular flexibility index (Phi) is 5.06. The quantitative estimate of drug-likeness (QED) is 0.613. The van der Waals surface area contributed by atoms with Gasteiger partial charge in [-0.25, -0.2) is 0 Å². The van der Waals surface area contributed by atoms with Crippen LogP contribution in [0.4, 0.5) is 0 Å². The van der Waals surface area contributed by atoms with E-state index in [1.165, 1.54) is 11.1 Å². The lowest BCUT2D eigenvalue weighted by molar-refractivity contribution is 0.587. The van der Waals surface area contributed by atoms with Crippen LogP contribution in [-0.4, -0.2) is 9.76 Å². The van der Waals surface area contributed by atoms with Gasteiger partial charge in [-0.2, -0.15) is 0 Å². The summed E-state index contributed by atoms with van der Waals surface area (Å²) in [6, 6.07) is 32.7. The van der Waals surface area contributed by atoms with Gasteiger partial charge in [-0.15, -0.1) is 0 Å². The van der Waals surface area contributed by atoms with Crippen LogP contribution in [0.5, 0.6) is 5.75 Å². The fourth-order valence-electron chi connectivity index (χ4n) is 2.71. The first-order chi connectivity index (χ1) is 10.9. The summed E-state index contributed by atoms with van der Waals surface area (Å²) in [6.45, 7) is 0. The zero-order valence-electron chi connectivity index (χ0n) is 12.6. The lowest BCUT2D eigenvalue weighted by Crippen LogP contribution is -2.09. The summed E-state index contributed by atoms with van der Waals surface area (Å²) >= 11 is 0. The molecule has 0 N–H and O–H groups in total. The molecule has 0 saturated heterocycles. The van der Waals surface area contributed by atoms with E-state index in [0.29, 0.717) is 5.92 Å². The maximum atomic E-state index is 6.02. The first-order valence-corrected chi connectivity index (χ1v) is 9.29. The molecule has 3 rings (SSSR count). The minimum Gasteiger partial charge on any atom is -0.549 e. The van der Waals surface area contributed by atoms with Crippen molar-refractivity contribution in [3.63, 3.8) is 0 Å². The lowest BCUT2D eigenvalue weighted by atomic mass is 9.93. The number of hydrogen-bond donors (Lipinski definition) is 0. The van der Waals surface area contributed by atoms with Crippen molar-refractivity contribution in [1.82, 2.24) is 0 Å². The highest BCUT2D eigenvalue weighted by Crippen LogP contribution is 2.28. The van der Waals surface area contributed by atoms with Gasteiger partial charge in [0, 0.05) is 5.92 Å². The van der Waals surface area contributed by atoms with E-state index < -0.39 is 9.76 Å². The van der Waals surface area contributed by atoms with E-state index in [2.05, 4.69) is 60.7 Å². The Bertz CT molecular complexity index is 628. The molecule has 0 heterocycles. The molecule has 3 aromatic carbocycles. The topological polar surface area (TPSA) is 9.23 Å². The fraction of sp³-hybridized carbons (Fsp3) is 0.100. The molecule has 0 bridgehead atoms.